The molecule has 3 aromatic rings. The van der Waals surface area contributed by atoms with Crippen molar-refractivity contribution in [1.29, 1.82) is 0 Å². The van der Waals surface area contributed by atoms with E-state index in [9.17, 15) is 4.79 Å². The van der Waals surface area contributed by atoms with Gasteiger partial charge in [-0.15, -0.1) is 0 Å². The molecule has 3 aromatic carbocycles. The number of halogens is 2. The molecule has 3 nitrogen and oxygen atoms in total. The lowest BCUT2D eigenvalue weighted by atomic mass is 10.2. The van der Waals surface area contributed by atoms with Gasteiger partial charge >= 0.3 is 0 Å². The van der Waals surface area contributed by atoms with Crippen molar-refractivity contribution in [3.05, 3.63) is 98.4 Å². The normalized spacial score (nSPS) is 15.1. The first-order valence-electron chi connectivity index (χ1n) is 9.42. The van der Waals surface area contributed by atoms with Crippen LogP contribution in [0.2, 0.25) is 10.0 Å². The molecule has 1 aliphatic rings. The minimum absolute atomic E-state index is 0.113. The maximum Gasteiger partial charge on any atom is 0.270 e. The highest BCUT2D eigenvalue weighted by atomic mass is 35.5. The van der Waals surface area contributed by atoms with Gasteiger partial charge < -0.3 is 4.74 Å². The highest BCUT2D eigenvalue weighted by Gasteiger charge is 2.33. The standard InChI is InChI=1S/C24H17Cl2NO2S2/c1-15-3-2-4-19(11-15)27-23(28)22(31-24(27)30)12-16-5-9-20(10-6-16)29-14-17-7-8-18(25)13-21(17)26/h2-13H,14H2,1H3/b22-12+. The van der Waals surface area contributed by atoms with E-state index in [1.54, 1.807) is 17.0 Å². The van der Waals surface area contributed by atoms with Gasteiger partial charge in [0.25, 0.3) is 5.91 Å². The smallest absolute Gasteiger partial charge is 0.270 e. The van der Waals surface area contributed by atoms with Gasteiger partial charge in [-0.05, 0) is 60.5 Å². The second kappa shape index (κ2) is 9.45. The Hall–Kier alpha value is -2.31. The van der Waals surface area contributed by atoms with E-state index in [0.29, 0.717) is 31.6 Å². The zero-order valence-electron chi connectivity index (χ0n) is 16.5. The van der Waals surface area contributed by atoms with Crippen LogP contribution in [0.25, 0.3) is 6.08 Å². The molecule has 0 radical (unpaired) electrons. The van der Waals surface area contributed by atoms with Crippen molar-refractivity contribution in [2.75, 3.05) is 4.90 Å². The summed E-state index contributed by atoms with van der Waals surface area (Å²) >= 11 is 18.9. The Labute approximate surface area is 200 Å². The molecule has 0 bridgehead atoms. The lowest BCUT2D eigenvalue weighted by molar-refractivity contribution is -0.113. The molecule has 0 spiro atoms. The molecule has 1 fully saturated rings. The van der Waals surface area contributed by atoms with Gasteiger partial charge in [0, 0.05) is 15.6 Å². The van der Waals surface area contributed by atoms with E-state index in [-0.39, 0.29) is 5.91 Å². The summed E-state index contributed by atoms with van der Waals surface area (Å²) in [4.78, 5) is 15.1. The predicted octanol–water partition coefficient (Wildman–Crippen LogP) is 7.29. The molecule has 0 saturated carbocycles. The van der Waals surface area contributed by atoms with Crippen LogP contribution in [0.15, 0.2) is 71.6 Å². The van der Waals surface area contributed by atoms with Gasteiger partial charge in [0.2, 0.25) is 0 Å². The van der Waals surface area contributed by atoms with E-state index in [0.717, 1.165) is 22.4 Å². The number of hydrogen-bond donors (Lipinski definition) is 0. The minimum atomic E-state index is -0.113. The topological polar surface area (TPSA) is 29.5 Å². The SMILES string of the molecule is Cc1cccc(N2C(=O)/C(=C\c3ccc(OCc4ccc(Cl)cc4Cl)cc3)SC2=S)c1. The van der Waals surface area contributed by atoms with Crippen molar-refractivity contribution in [3.63, 3.8) is 0 Å². The fraction of sp³-hybridized carbons (Fsp3) is 0.0833. The second-order valence-corrected chi connectivity index (χ2v) is 9.47. The summed E-state index contributed by atoms with van der Waals surface area (Å²) in [6, 6.07) is 20.6. The first-order valence-corrected chi connectivity index (χ1v) is 11.4. The van der Waals surface area contributed by atoms with Gasteiger partial charge in [-0.2, -0.15) is 0 Å². The Kier molecular flexibility index (Phi) is 6.68. The number of carbonyl (C=O) groups excluding carboxylic acids is 1. The summed E-state index contributed by atoms with van der Waals surface area (Å²) in [5.74, 6) is 0.591. The van der Waals surface area contributed by atoms with E-state index < -0.39 is 0 Å². The van der Waals surface area contributed by atoms with Gasteiger partial charge in [0.1, 0.15) is 12.4 Å². The third-order valence-corrected chi connectivity index (χ3v) is 6.53. The Balaban J connectivity index is 1.45. The average Bonchev–Trinajstić information content (AvgIpc) is 3.01. The van der Waals surface area contributed by atoms with E-state index in [1.165, 1.54) is 11.8 Å². The molecule has 0 aromatic heterocycles. The molecule has 1 heterocycles. The Morgan fingerprint density at radius 3 is 2.55 bits per heavy atom. The van der Waals surface area contributed by atoms with Crippen molar-refractivity contribution in [1.82, 2.24) is 0 Å². The van der Waals surface area contributed by atoms with Gasteiger partial charge in [-0.3, -0.25) is 9.69 Å². The number of aryl methyl sites for hydroxylation is 1. The summed E-state index contributed by atoms with van der Waals surface area (Å²) in [6.45, 7) is 2.33. The molecule has 0 N–H and O–H groups in total. The highest BCUT2D eigenvalue weighted by molar-refractivity contribution is 8.27. The summed E-state index contributed by atoms with van der Waals surface area (Å²) < 4.78 is 6.34. The van der Waals surface area contributed by atoms with Crippen LogP contribution >= 0.6 is 47.2 Å². The molecule has 156 valence electrons. The fourth-order valence-electron chi connectivity index (χ4n) is 3.07. The van der Waals surface area contributed by atoms with Crippen LogP contribution in [0.4, 0.5) is 5.69 Å². The Morgan fingerprint density at radius 2 is 1.84 bits per heavy atom. The number of amides is 1. The Bertz CT molecular complexity index is 1190. The molecule has 7 heteroatoms. The first-order chi connectivity index (χ1) is 14.9. The van der Waals surface area contributed by atoms with Crippen LogP contribution in [0.3, 0.4) is 0 Å². The molecule has 0 atom stereocenters. The average molecular weight is 486 g/mol. The second-order valence-electron chi connectivity index (χ2n) is 6.95. The number of hydrogen-bond acceptors (Lipinski definition) is 4. The minimum Gasteiger partial charge on any atom is -0.489 e. The van der Waals surface area contributed by atoms with E-state index in [2.05, 4.69) is 0 Å². The number of thioether (sulfide) groups is 1. The van der Waals surface area contributed by atoms with Gasteiger partial charge in [-0.25, -0.2) is 0 Å². The number of rotatable bonds is 5. The maximum atomic E-state index is 12.9. The Morgan fingerprint density at radius 1 is 1.06 bits per heavy atom. The monoisotopic (exact) mass is 485 g/mol. The van der Waals surface area contributed by atoms with E-state index in [1.807, 2.05) is 67.6 Å². The van der Waals surface area contributed by atoms with Crippen LogP contribution in [0.5, 0.6) is 5.75 Å². The summed E-state index contributed by atoms with van der Waals surface area (Å²) in [5.41, 5.74) is 3.61. The lowest BCUT2D eigenvalue weighted by Gasteiger charge is -2.14. The zero-order chi connectivity index (χ0) is 22.0. The molecule has 1 saturated heterocycles. The number of carbonyl (C=O) groups is 1. The highest BCUT2D eigenvalue weighted by Crippen LogP contribution is 2.36. The zero-order valence-corrected chi connectivity index (χ0v) is 19.6. The molecule has 0 aliphatic carbocycles. The predicted molar refractivity (Wildman–Crippen MR) is 134 cm³/mol. The molecule has 0 unspecified atom stereocenters. The van der Waals surface area contributed by atoms with Gasteiger partial charge in [0.05, 0.1) is 10.6 Å². The lowest BCUT2D eigenvalue weighted by Crippen LogP contribution is -2.27. The largest absolute Gasteiger partial charge is 0.489 e. The van der Waals surface area contributed by atoms with Crippen LogP contribution < -0.4 is 9.64 Å². The molecular weight excluding hydrogens is 469 g/mol. The van der Waals surface area contributed by atoms with E-state index >= 15 is 0 Å². The fourth-order valence-corrected chi connectivity index (χ4v) is 4.83. The third-order valence-electron chi connectivity index (χ3n) is 4.64. The van der Waals surface area contributed by atoms with Crippen molar-refractivity contribution in [3.8, 4) is 5.75 Å². The van der Waals surface area contributed by atoms with Crippen LogP contribution in [-0.2, 0) is 11.4 Å². The first kappa shape index (κ1) is 21.9. The summed E-state index contributed by atoms with van der Waals surface area (Å²) in [5, 5.41) is 1.16. The van der Waals surface area contributed by atoms with Gasteiger partial charge in [0.15, 0.2) is 4.32 Å². The van der Waals surface area contributed by atoms with Crippen LogP contribution in [0, 0.1) is 6.92 Å². The molecule has 1 amide bonds. The molecule has 31 heavy (non-hydrogen) atoms. The van der Waals surface area contributed by atoms with Crippen LogP contribution in [-0.4, -0.2) is 10.2 Å². The number of thiocarbonyl (C=S) groups is 1. The molecule has 1 aliphatic heterocycles. The maximum absolute atomic E-state index is 12.9. The quantitative estimate of drug-likeness (QED) is 0.280. The van der Waals surface area contributed by atoms with E-state index in [4.69, 9.17) is 40.2 Å². The third kappa shape index (κ3) is 5.13. The van der Waals surface area contributed by atoms with Crippen LogP contribution in [0.1, 0.15) is 16.7 Å². The van der Waals surface area contributed by atoms with Crippen molar-refractivity contribution in [2.24, 2.45) is 0 Å². The summed E-state index contributed by atoms with van der Waals surface area (Å²) in [7, 11) is 0. The number of ether oxygens (including phenoxy) is 1. The summed E-state index contributed by atoms with van der Waals surface area (Å²) in [6.07, 6.45) is 1.84. The van der Waals surface area contributed by atoms with Crippen molar-refractivity contribution < 1.29 is 9.53 Å². The van der Waals surface area contributed by atoms with Crippen molar-refractivity contribution in [2.45, 2.75) is 13.5 Å². The number of nitrogens with zero attached hydrogens (tertiary/aromatic N) is 1. The molecular formula is C24H17Cl2NO2S2. The number of benzene rings is 3. The van der Waals surface area contributed by atoms with Gasteiger partial charge in [-0.1, -0.05) is 77.5 Å². The van der Waals surface area contributed by atoms with Crippen molar-refractivity contribution >= 4 is 69.2 Å². The molecule has 4 rings (SSSR count). The number of anilines is 1.